The van der Waals surface area contributed by atoms with Crippen LogP contribution in [-0.2, 0) is 7.05 Å². The van der Waals surface area contributed by atoms with Crippen molar-refractivity contribution in [2.24, 2.45) is 7.05 Å². The predicted molar refractivity (Wildman–Crippen MR) is 81.8 cm³/mol. The number of fused-ring (bicyclic) bond motifs is 1. The number of nitrogens with zero attached hydrogens (tertiary/aromatic N) is 1. The molecule has 0 amide bonds. The summed E-state index contributed by atoms with van der Waals surface area (Å²) in [7, 11) is 2.06. The number of benzene rings is 1. The third-order valence-corrected chi connectivity index (χ3v) is 5.30. The van der Waals surface area contributed by atoms with E-state index in [1.165, 1.54) is 47.7 Å². The molecule has 1 fully saturated rings. The molecule has 0 saturated heterocycles. The molecule has 3 heteroatoms. The van der Waals surface area contributed by atoms with Crippen molar-refractivity contribution in [3.8, 4) is 0 Å². The average Bonchev–Trinajstić information content (AvgIpc) is 2.71. The highest BCUT2D eigenvalue weighted by Gasteiger charge is 2.23. The molecule has 2 nitrogen and oxygen atoms in total. The zero-order chi connectivity index (χ0) is 13.4. The molecule has 0 bridgehead atoms. The van der Waals surface area contributed by atoms with E-state index in [1.807, 2.05) is 12.1 Å². The van der Waals surface area contributed by atoms with E-state index in [9.17, 15) is 4.79 Å². The largest absolute Gasteiger partial charge is 0.338 e. The monoisotopic (exact) mass is 319 g/mol. The number of carbonyl (C=O) groups excluding carboxylic acids is 1. The fourth-order valence-electron chi connectivity index (χ4n) is 3.30. The zero-order valence-corrected chi connectivity index (χ0v) is 12.7. The van der Waals surface area contributed by atoms with E-state index < -0.39 is 0 Å². The van der Waals surface area contributed by atoms with Gasteiger partial charge in [-0.15, -0.1) is 0 Å². The molecule has 0 atom stereocenters. The van der Waals surface area contributed by atoms with E-state index in [0.717, 1.165) is 17.4 Å². The van der Waals surface area contributed by atoms with Crippen LogP contribution in [0.3, 0.4) is 0 Å². The fraction of sp³-hybridized carbons (Fsp3) is 0.438. The van der Waals surface area contributed by atoms with Crippen LogP contribution in [0.25, 0.3) is 10.9 Å². The first-order valence-corrected chi connectivity index (χ1v) is 7.74. The summed E-state index contributed by atoms with van der Waals surface area (Å²) >= 11 is 3.75. The van der Waals surface area contributed by atoms with Crippen LogP contribution < -0.4 is 0 Å². The molecule has 0 spiro atoms. The van der Waals surface area contributed by atoms with Crippen molar-refractivity contribution in [3.05, 3.63) is 33.9 Å². The Morgan fingerprint density at radius 1 is 1.26 bits per heavy atom. The molecule has 1 heterocycles. The standard InChI is InChI=1S/C16H18BrNO/c1-18-14-9-11(10-19)7-8-13(14)15(16(18)17)12-5-3-2-4-6-12/h7-10,12H,2-6H2,1H3. The lowest BCUT2D eigenvalue weighted by molar-refractivity contribution is 0.112. The van der Waals surface area contributed by atoms with E-state index >= 15 is 0 Å². The van der Waals surface area contributed by atoms with Crippen LogP contribution in [0, 0.1) is 0 Å². The maximum atomic E-state index is 10.9. The number of halogens is 1. The Kier molecular flexibility index (Phi) is 3.48. The zero-order valence-electron chi connectivity index (χ0n) is 11.2. The molecule has 1 saturated carbocycles. The quantitative estimate of drug-likeness (QED) is 0.729. The summed E-state index contributed by atoms with van der Waals surface area (Å²) in [5.41, 5.74) is 3.34. The van der Waals surface area contributed by atoms with Crippen LogP contribution in [0.5, 0.6) is 0 Å². The average molecular weight is 320 g/mol. The summed E-state index contributed by atoms with van der Waals surface area (Å²) in [4.78, 5) is 10.9. The van der Waals surface area contributed by atoms with Crippen molar-refractivity contribution in [2.45, 2.75) is 38.0 Å². The third kappa shape index (κ3) is 2.14. The topological polar surface area (TPSA) is 22.0 Å². The number of aromatic nitrogens is 1. The van der Waals surface area contributed by atoms with Crippen LogP contribution >= 0.6 is 15.9 Å². The molecule has 0 N–H and O–H groups in total. The minimum Gasteiger partial charge on any atom is -0.338 e. The Labute approximate surface area is 121 Å². The molecular weight excluding hydrogens is 302 g/mol. The lowest BCUT2D eigenvalue weighted by atomic mass is 9.84. The van der Waals surface area contributed by atoms with Gasteiger partial charge in [0.1, 0.15) is 6.29 Å². The summed E-state index contributed by atoms with van der Waals surface area (Å²) < 4.78 is 3.34. The lowest BCUT2D eigenvalue weighted by Gasteiger charge is -2.22. The molecule has 0 unspecified atom stereocenters. The van der Waals surface area contributed by atoms with E-state index in [4.69, 9.17) is 0 Å². The highest BCUT2D eigenvalue weighted by Crippen LogP contribution is 2.41. The first kappa shape index (κ1) is 12.9. The second-order valence-corrected chi connectivity index (χ2v) is 6.24. The van der Waals surface area contributed by atoms with Crippen LogP contribution in [0.2, 0.25) is 0 Å². The Morgan fingerprint density at radius 3 is 2.68 bits per heavy atom. The Balaban J connectivity index is 2.18. The Hall–Kier alpha value is -1.09. The van der Waals surface area contributed by atoms with Crippen molar-refractivity contribution in [1.82, 2.24) is 4.57 Å². The van der Waals surface area contributed by atoms with E-state index in [2.05, 4.69) is 33.6 Å². The summed E-state index contributed by atoms with van der Waals surface area (Å²) in [6.07, 6.45) is 7.52. The summed E-state index contributed by atoms with van der Waals surface area (Å²) in [5, 5.41) is 1.30. The van der Waals surface area contributed by atoms with Crippen molar-refractivity contribution in [2.75, 3.05) is 0 Å². The number of aldehydes is 1. The van der Waals surface area contributed by atoms with Crippen molar-refractivity contribution < 1.29 is 4.79 Å². The molecule has 0 radical (unpaired) electrons. The van der Waals surface area contributed by atoms with Gasteiger partial charge >= 0.3 is 0 Å². The molecule has 1 aliphatic carbocycles. The predicted octanol–water partition coefficient (Wildman–Crippen LogP) is 4.80. The normalized spacial score (nSPS) is 16.9. The molecule has 0 aliphatic heterocycles. The SMILES string of the molecule is Cn1c(Br)c(C2CCCCC2)c2ccc(C=O)cc21. The highest BCUT2D eigenvalue weighted by molar-refractivity contribution is 9.10. The summed E-state index contributed by atoms with van der Waals surface area (Å²) in [5.74, 6) is 0.661. The first-order chi connectivity index (χ1) is 9.22. The van der Waals surface area contributed by atoms with Crippen LogP contribution in [-0.4, -0.2) is 10.9 Å². The fourth-order valence-corrected chi connectivity index (χ4v) is 4.03. The number of hydrogen-bond donors (Lipinski definition) is 0. The Bertz CT molecular complexity index is 623. The van der Waals surface area contributed by atoms with Crippen LogP contribution in [0.1, 0.15) is 53.9 Å². The van der Waals surface area contributed by atoms with Gasteiger partial charge in [0, 0.05) is 23.5 Å². The number of rotatable bonds is 2. The summed E-state index contributed by atoms with van der Waals surface area (Å²) in [6.45, 7) is 0. The van der Waals surface area contributed by atoms with E-state index in [1.54, 1.807) is 0 Å². The number of carbonyl (C=O) groups is 1. The van der Waals surface area contributed by atoms with Gasteiger partial charge < -0.3 is 4.57 Å². The van der Waals surface area contributed by atoms with Crippen LogP contribution in [0.4, 0.5) is 0 Å². The Morgan fingerprint density at radius 2 is 2.00 bits per heavy atom. The van der Waals surface area contributed by atoms with Crippen molar-refractivity contribution in [3.63, 3.8) is 0 Å². The van der Waals surface area contributed by atoms with Gasteiger partial charge in [-0.1, -0.05) is 31.4 Å². The first-order valence-electron chi connectivity index (χ1n) is 6.95. The molecule has 1 aromatic carbocycles. The van der Waals surface area contributed by atoms with Gasteiger partial charge in [0.15, 0.2) is 0 Å². The maximum Gasteiger partial charge on any atom is 0.150 e. The molecule has 2 aromatic rings. The molecule has 19 heavy (non-hydrogen) atoms. The second kappa shape index (κ2) is 5.12. The van der Waals surface area contributed by atoms with Gasteiger partial charge in [-0.25, -0.2) is 0 Å². The molecule has 3 rings (SSSR count). The van der Waals surface area contributed by atoms with Gasteiger partial charge in [-0.05, 0) is 46.3 Å². The summed E-state index contributed by atoms with van der Waals surface area (Å²) in [6, 6.07) is 6.02. The highest BCUT2D eigenvalue weighted by atomic mass is 79.9. The van der Waals surface area contributed by atoms with Gasteiger partial charge in [0.05, 0.1) is 4.60 Å². The van der Waals surface area contributed by atoms with Crippen molar-refractivity contribution >= 4 is 33.1 Å². The molecule has 1 aliphatic rings. The molecular formula is C16H18BrNO. The van der Waals surface area contributed by atoms with Crippen LogP contribution in [0.15, 0.2) is 22.8 Å². The maximum absolute atomic E-state index is 10.9. The third-order valence-electron chi connectivity index (χ3n) is 4.34. The van der Waals surface area contributed by atoms with Crippen molar-refractivity contribution in [1.29, 1.82) is 0 Å². The number of aryl methyl sites for hydroxylation is 1. The van der Waals surface area contributed by atoms with E-state index in [-0.39, 0.29) is 0 Å². The van der Waals surface area contributed by atoms with Gasteiger partial charge in [-0.3, -0.25) is 4.79 Å². The van der Waals surface area contributed by atoms with Gasteiger partial charge in [0.2, 0.25) is 0 Å². The number of hydrogen-bond acceptors (Lipinski definition) is 1. The molecule has 1 aromatic heterocycles. The minimum atomic E-state index is 0.661. The molecule has 100 valence electrons. The van der Waals surface area contributed by atoms with E-state index in [0.29, 0.717) is 5.92 Å². The smallest absolute Gasteiger partial charge is 0.150 e. The second-order valence-electron chi connectivity index (χ2n) is 5.49. The van der Waals surface area contributed by atoms with Gasteiger partial charge in [-0.2, -0.15) is 0 Å². The van der Waals surface area contributed by atoms with Gasteiger partial charge in [0.25, 0.3) is 0 Å². The lowest BCUT2D eigenvalue weighted by Crippen LogP contribution is -2.04. The minimum absolute atomic E-state index is 0.661.